The number of nitrogens with one attached hydrogen (secondary N) is 1. The minimum Gasteiger partial charge on any atom is -0.469 e. The molecular weight excluding hydrogens is 298 g/mol. The van der Waals surface area contributed by atoms with Gasteiger partial charge in [0.2, 0.25) is 0 Å². The first-order chi connectivity index (χ1) is 10.1. The summed E-state index contributed by atoms with van der Waals surface area (Å²) in [6, 6.07) is 3.75. The summed E-state index contributed by atoms with van der Waals surface area (Å²) in [5, 5.41) is 5.54. The lowest BCUT2D eigenvalue weighted by Crippen LogP contribution is -2.03. The van der Waals surface area contributed by atoms with Gasteiger partial charge in [0.25, 0.3) is 0 Å². The lowest BCUT2D eigenvalue weighted by molar-refractivity contribution is -0.140. The summed E-state index contributed by atoms with van der Waals surface area (Å²) >= 11 is 1.39. The van der Waals surface area contributed by atoms with Crippen LogP contribution in [0.1, 0.15) is 17.7 Å². The van der Waals surface area contributed by atoms with Gasteiger partial charge >= 0.3 is 5.97 Å². The number of carbonyl (C=O) groups excluding carboxylic acids is 1. The molecule has 0 amide bonds. The van der Waals surface area contributed by atoms with Crippen LogP contribution in [-0.4, -0.2) is 18.1 Å². The van der Waals surface area contributed by atoms with Crippen molar-refractivity contribution < 1.29 is 18.3 Å². The van der Waals surface area contributed by atoms with Crippen LogP contribution in [0.4, 0.5) is 13.9 Å². The first-order valence-corrected chi connectivity index (χ1v) is 7.15. The number of nitrogens with zero attached hydrogens (tertiary/aromatic N) is 1. The van der Waals surface area contributed by atoms with E-state index in [-0.39, 0.29) is 12.4 Å². The van der Waals surface area contributed by atoms with Gasteiger partial charge in [-0.1, -0.05) is 6.07 Å². The molecule has 0 saturated heterocycles. The van der Waals surface area contributed by atoms with Crippen LogP contribution in [0.3, 0.4) is 0 Å². The molecule has 0 aliphatic rings. The minimum absolute atomic E-state index is 0.278. The van der Waals surface area contributed by atoms with Crippen molar-refractivity contribution in [2.75, 3.05) is 12.4 Å². The average molecular weight is 312 g/mol. The van der Waals surface area contributed by atoms with Crippen molar-refractivity contribution in [3.05, 3.63) is 46.5 Å². The van der Waals surface area contributed by atoms with E-state index >= 15 is 0 Å². The monoisotopic (exact) mass is 312 g/mol. The molecule has 7 heteroatoms. The van der Waals surface area contributed by atoms with Gasteiger partial charge in [-0.2, -0.15) is 0 Å². The smallest absolute Gasteiger partial charge is 0.305 e. The zero-order valence-electron chi connectivity index (χ0n) is 11.4. The standard InChI is InChI=1S/C14H14F2N2O2S/c1-20-13(19)5-3-10-8-21-14(18-10)17-7-9-2-4-11(15)12(16)6-9/h2,4,6,8H,3,5,7H2,1H3,(H,17,18). The molecule has 2 rings (SSSR count). The maximum atomic E-state index is 13.1. The topological polar surface area (TPSA) is 51.2 Å². The Labute approximate surface area is 124 Å². The molecule has 1 N–H and O–H groups in total. The second-order valence-corrected chi connectivity index (χ2v) is 5.18. The molecule has 2 aromatic rings. The number of benzene rings is 1. The van der Waals surface area contributed by atoms with Crippen LogP contribution >= 0.6 is 11.3 Å². The summed E-state index contributed by atoms with van der Waals surface area (Å²) in [6.45, 7) is 0.348. The van der Waals surface area contributed by atoms with Gasteiger partial charge in [-0.15, -0.1) is 11.3 Å². The van der Waals surface area contributed by atoms with Gasteiger partial charge in [0.15, 0.2) is 16.8 Å². The van der Waals surface area contributed by atoms with Crippen molar-refractivity contribution in [3.8, 4) is 0 Å². The fourth-order valence-corrected chi connectivity index (χ4v) is 2.41. The number of aromatic nitrogens is 1. The number of halogens is 2. The van der Waals surface area contributed by atoms with Crippen LogP contribution in [0, 0.1) is 11.6 Å². The molecule has 4 nitrogen and oxygen atoms in total. The average Bonchev–Trinajstić information content (AvgIpc) is 2.94. The summed E-state index contributed by atoms with van der Waals surface area (Å²) in [7, 11) is 1.35. The highest BCUT2D eigenvalue weighted by Gasteiger charge is 2.07. The molecule has 0 bridgehead atoms. The van der Waals surface area contributed by atoms with Gasteiger partial charge in [0, 0.05) is 18.3 Å². The van der Waals surface area contributed by atoms with Crippen LogP contribution in [0.15, 0.2) is 23.6 Å². The Kier molecular flexibility index (Phi) is 5.21. The summed E-state index contributed by atoms with van der Waals surface area (Å²) < 4.78 is 30.4. The third-order valence-corrected chi connectivity index (χ3v) is 3.64. The highest BCUT2D eigenvalue weighted by molar-refractivity contribution is 7.13. The fraction of sp³-hybridized carbons (Fsp3) is 0.286. The number of esters is 1. The van der Waals surface area contributed by atoms with E-state index in [9.17, 15) is 13.6 Å². The number of aryl methyl sites for hydroxylation is 1. The molecule has 0 aliphatic carbocycles. The molecule has 0 atom stereocenters. The molecule has 21 heavy (non-hydrogen) atoms. The normalized spacial score (nSPS) is 10.4. The number of thiazole rings is 1. The van der Waals surface area contributed by atoms with Crippen molar-refractivity contribution in [3.63, 3.8) is 0 Å². The number of carbonyl (C=O) groups is 1. The molecule has 1 aromatic carbocycles. The Bertz CT molecular complexity index is 631. The summed E-state index contributed by atoms with van der Waals surface area (Å²) in [6.07, 6.45) is 0.791. The van der Waals surface area contributed by atoms with E-state index in [0.717, 1.165) is 17.8 Å². The van der Waals surface area contributed by atoms with Crippen LogP contribution < -0.4 is 5.32 Å². The van der Waals surface area contributed by atoms with E-state index < -0.39 is 11.6 Å². The SMILES string of the molecule is COC(=O)CCc1csc(NCc2ccc(F)c(F)c2)n1. The van der Waals surface area contributed by atoms with Gasteiger partial charge in [0.05, 0.1) is 19.2 Å². The van der Waals surface area contributed by atoms with Crippen molar-refractivity contribution in [2.24, 2.45) is 0 Å². The number of methoxy groups -OCH3 is 1. The van der Waals surface area contributed by atoms with Crippen molar-refractivity contribution >= 4 is 22.4 Å². The highest BCUT2D eigenvalue weighted by atomic mass is 32.1. The van der Waals surface area contributed by atoms with Crippen LogP contribution in [0.25, 0.3) is 0 Å². The third-order valence-electron chi connectivity index (χ3n) is 2.79. The lowest BCUT2D eigenvalue weighted by Gasteiger charge is -2.03. The second-order valence-electron chi connectivity index (χ2n) is 4.32. The predicted octanol–water partition coefficient (Wildman–Crippen LogP) is 3.14. The first kappa shape index (κ1) is 15.4. The largest absolute Gasteiger partial charge is 0.469 e. The maximum absolute atomic E-state index is 13.1. The van der Waals surface area contributed by atoms with Crippen LogP contribution in [0.2, 0.25) is 0 Å². The molecule has 0 aliphatic heterocycles. The van der Waals surface area contributed by atoms with Gasteiger partial charge in [-0.3, -0.25) is 4.79 Å². The lowest BCUT2D eigenvalue weighted by atomic mass is 10.2. The van der Waals surface area contributed by atoms with Crippen molar-refractivity contribution in [1.82, 2.24) is 4.98 Å². The predicted molar refractivity (Wildman–Crippen MR) is 76.1 cm³/mol. The van der Waals surface area contributed by atoms with Crippen molar-refractivity contribution in [1.29, 1.82) is 0 Å². The number of hydrogen-bond acceptors (Lipinski definition) is 5. The van der Waals surface area contributed by atoms with Gasteiger partial charge < -0.3 is 10.1 Å². The fourth-order valence-electron chi connectivity index (χ4n) is 1.66. The van der Waals surface area contributed by atoms with Gasteiger partial charge in [0.1, 0.15) is 0 Å². The first-order valence-electron chi connectivity index (χ1n) is 6.27. The minimum atomic E-state index is -0.868. The van der Waals surface area contributed by atoms with E-state index in [1.807, 2.05) is 5.38 Å². The van der Waals surface area contributed by atoms with E-state index in [0.29, 0.717) is 23.7 Å². The number of rotatable bonds is 6. The molecular formula is C14H14F2N2O2S. The molecule has 1 aromatic heterocycles. The molecule has 0 spiro atoms. The van der Waals surface area contributed by atoms with E-state index in [1.165, 1.54) is 24.5 Å². The summed E-state index contributed by atoms with van der Waals surface area (Å²) in [4.78, 5) is 15.3. The van der Waals surface area contributed by atoms with Gasteiger partial charge in [-0.05, 0) is 17.7 Å². The Hall–Kier alpha value is -2.02. The molecule has 0 saturated carbocycles. The number of ether oxygens (including phenoxy) is 1. The Morgan fingerprint density at radius 2 is 2.19 bits per heavy atom. The zero-order chi connectivity index (χ0) is 15.2. The quantitative estimate of drug-likeness (QED) is 0.833. The summed E-state index contributed by atoms with van der Waals surface area (Å²) in [5.41, 5.74) is 1.42. The number of hydrogen-bond donors (Lipinski definition) is 1. The molecule has 1 heterocycles. The van der Waals surface area contributed by atoms with Crippen LogP contribution in [-0.2, 0) is 22.5 Å². The molecule has 0 fully saturated rings. The second kappa shape index (κ2) is 7.12. The third kappa shape index (κ3) is 4.49. The van der Waals surface area contributed by atoms with E-state index in [4.69, 9.17) is 0 Å². The van der Waals surface area contributed by atoms with Crippen molar-refractivity contribution in [2.45, 2.75) is 19.4 Å². The zero-order valence-corrected chi connectivity index (χ0v) is 12.2. The van der Waals surface area contributed by atoms with Gasteiger partial charge in [-0.25, -0.2) is 13.8 Å². The molecule has 0 radical (unpaired) electrons. The molecule has 112 valence electrons. The Morgan fingerprint density at radius 3 is 2.90 bits per heavy atom. The Morgan fingerprint density at radius 1 is 1.38 bits per heavy atom. The number of anilines is 1. The maximum Gasteiger partial charge on any atom is 0.305 e. The van der Waals surface area contributed by atoms with Crippen LogP contribution in [0.5, 0.6) is 0 Å². The summed E-state index contributed by atoms with van der Waals surface area (Å²) in [5.74, 6) is -2.01. The molecule has 0 unspecified atom stereocenters. The van der Waals surface area contributed by atoms with E-state index in [1.54, 1.807) is 0 Å². The Balaban J connectivity index is 1.87. The van der Waals surface area contributed by atoms with E-state index in [2.05, 4.69) is 15.0 Å². The highest BCUT2D eigenvalue weighted by Crippen LogP contribution is 2.18.